The van der Waals surface area contributed by atoms with E-state index in [0.717, 1.165) is 94.1 Å². The number of rotatable bonds is 8. The van der Waals surface area contributed by atoms with Gasteiger partial charge in [-0.3, -0.25) is 4.57 Å². The van der Waals surface area contributed by atoms with Gasteiger partial charge in [-0.05, 0) is 53.6 Å². The monoisotopic (exact) mass is 869 g/mol. The van der Waals surface area contributed by atoms with E-state index >= 15 is 0 Å². The number of nitrogens with zero attached hydrogens (tertiary/aromatic N) is 7. The molecule has 4 heterocycles. The van der Waals surface area contributed by atoms with Gasteiger partial charge in [0.15, 0.2) is 17.5 Å². The molecule has 0 aliphatic carbocycles. The van der Waals surface area contributed by atoms with Gasteiger partial charge in [0, 0.05) is 49.4 Å². The second-order valence-electron chi connectivity index (χ2n) is 16.9. The van der Waals surface area contributed by atoms with Gasteiger partial charge in [-0.15, -0.1) is 0 Å². The van der Waals surface area contributed by atoms with Crippen LogP contribution in [0.4, 0.5) is 0 Å². The Hall–Kier alpha value is -9.33. The Balaban J connectivity index is 1.05. The first-order valence-electron chi connectivity index (χ1n) is 22.8. The highest BCUT2D eigenvalue weighted by molar-refractivity contribution is 6.19. The second-order valence-corrected chi connectivity index (χ2v) is 16.9. The van der Waals surface area contributed by atoms with Crippen molar-refractivity contribution < 1.29 is 0 Å². The first-order valence-corrected chi connectivity index (χ1v) is 22.8. The second kappa shape index (κ2) is 16.3. The molecule has 0 saturated carbocycles. The van der Waals surface area contributed by atoms with E-state index in [1.807, 2.05) is 72.8 Å². The Kier molecular flexibility index (Phi) is 9.35. The van der Waals surface area contributed by atoms with E-state index in [1.165, 1.54) is 5.56 Å². The molecule has 318 valence electrons. The summed E-state index contributed by atoms with van der Waals surface area (Å²) in [6.45, 7) is 0. The molecule has 0 unspecified atom stereocenters. The van der Waals surface area contributed by atoms with E-state index in [2.05, 4.69) is 173 Å². The van der Waals surface area contributed by atoms with Crippen LogP contribution in [0.2, 0.25) is 0 Å². The fraction of sp³-hybridized carbons (Fsp3) is 0. The molecule has 0 saturated heterocycles. The molecule has 13 aromatic rings. The molecular formula is C61H39N7. The van der Waals surface area contributed by atoms with E-state index < -0.39 is 0 Å². The summed E-state index contributed by atoms with van der Waals surface area (Å²) in [6.07, 6.45) is 0. The van der Waals surface area contributed by atoms with E-state index in [1.54, 1.807) is 0 Å². The number of para-hydroxylation sites is 3. The molecule has 4 aromatic heterocycles. The third-order valence-electron chi connectivity index (χ3n) is 12.8. The van der Waals surface area contributed by atoms with Gasteiger partial charge >= 0.3 is 0 Å². The Bertz CT molecular complexity index is 3940. The number of fused-ring (bicyclic) bond motifs is 6. The molecule has 0 radical (unpaired) electrons. The van der Waals surface area contributed by atoms with Crippen molar-refractivity contribution in [3.8, 4) is 79.4 Å². The smallest absolute Gasteiger partial charge is 0.238 e. The Morgan fingerprint density at radius 1 is 0.250 bits per heavy atom. The molecule has 0 aliphatic heterocycles. The highest BCUT2D eigenvalue weighted by Crippen LogP contribution is 2.41. The van der Waals surface area contributed by atoms with Crippen molar-refractivity contribution in [2.45, 2.75) is 0 Å². The molecule has 68 heavy (non-hydrogen) atoms. The van der Waals surface area contributed by atoms with Crippen LogP contribution in [0, 0.1) is 0 Å². The highest BCUT2D eigenvalue weighted by Gasteiger charge is 2.23. The van der Waals surface area contributed by atoms with Gasteiger partial charge in [-0.2, -0.15) is 9.97 Å². The van der Waals surface area contributed by atoms with Gasteiger partial charge in [0.2, 0.25) is 5.95 Å². The van der Waals surface area contributed by atoms with Crippen molar-refractivity contribution in [1.82, 2.24) is 34.1 Å². The molecule has 0 atom stereocenters. The van der Waals surface area contributed by atoms with Crippen LogP contribution in [0.5, 0.6) is 0 Å². The Labute approximate surface area is 392 Å². The first-order chi connectivity index (χ1) is 33.7. The molecule has 0 N–H and O–H groups in total. The summed E-state index contributed by atoms with van der Waals surface area (Å²) in [6, 6.07) is 82.1. The molecule has 0 fully saturated rings. The van der Waals surface area contributed by atoms with Crippen LogP contribution in [0.25, 0.3) is 123 Å². The SMILES string of the molecule is c1ccc(-c2ccc(-c3cc(-c4ccccc4)nc(-c4ccccc4-n4c5ccccc5c5cc6c7ccccc7n(-c7nc(-c8ccccc8)nc(-c8ccccc8)n7)c6cc54)n3)cc2)cc1. The predicted molar refractivity (Wildman–Crippen MR) is 277 cm³/mol. The summed E-state index contributed by atoms with van der Waals surface area (Å²) in [4.78, 5) is 26.2. The molecule has 9 aromatic carbocycles. The number of aromatic nitrogens is 7. The van der Waals surface area contributed by atoms with E-state index in [-0.39, 0.29) is 0 Å². The Morgan fingerprint density at radius 3 is 1.26 bits per heavy atom. The van der Waals surface area contributed by atoms with Crippen molar-refractivity contribution in [3.05, 3.63) is 237 Å². The quantitative estimate of drug-likeness (QED) is 0.152. The molecule has 0 aliphatic rings. The van der Waals surface area contributed by atoms with Crippen molar-refractivity contribution in [2.75, 3.05) is 0 Å². The summed E-state index contributed by atoms with van der Waals surface area (Å²) >= 11 is 0. The van der Waals surface area contributed by atoms with Gasteiger partial charge in [0.1, 0.15) is 0 Å². The molecule has 7 heteroatoms. The van der Waals surface area contributed by atoms with Gasteiger partial charge in [-0.25, -0.2) is 15.0 Å². The molecule has 7 nitrogen and oxygen atoms in total. The maximum absolute atomic E-state index is 5.38. The average molecular weight is 870 g/mol. The van der Waals surface area contributed by atoms with Crippen LogP contribution >= 0.6 is 0 Å². The summed E-state index contributed by atoms with van der Waals surface area (Å²) in [5.41, 5.74) is 13.9. The molecule has 0 bridgehead atoms. The standard InChI is InChI=1S/C61H39N7/c1-5-19-40(20-6-1)41-33-35-43(36-34-41)52-38-51(42-21-7-2-8-22-42)62-60(63-52)48-29-15-18-32-55(48)67-53-30-16-13-27-46(53)49-37-50-47-28-14-17-31-54(47)68(57(50)39-56(49)67)61-65-58(44-23-9-3-10-24-44)64-59(66-61)45-25-11-4-12-26-45/h1-39H. The van der Waals surface area contributed by atoms with Crippen molar-refractivity contribution in [1.29, 1.82) is 0 Å². The van der Waals surface area contributed by atoms with Crippen molar-refractivity contribution >= 4 is 43.6 Å². The minimum atomic E-state index is 0.543. The van der Waals surface area contributed by atoms with Gasteiger partial charge in [0.25, 0.3) is 0 Å². The van der Waals surface area contributed by atoms with Crippen LogP contribution < -0.4 is 0 Å². The first kappa shape index (κ1) is 39.1. The lowest BCUT2D eigenvalue weighted by molar-refractivity contribution is 0.953. The minimum Gasteiger partial charge on any atom is -0.308 e. The summed E-state index contributed by atoms with van der Waals surface area (Å²) in [5, 5.41) is 4.50. The highest BCUT2D eigenvalue weighted by atomic mass is 15.2. The summed E-state index contributed by atoms with van der Waals surface area (Å²) in [7, 11) is 0. The maximum Gasteiger partial charge on any atom is 0.238 e. The van der Waals surface area contributed by atoms with E-state index in [4.69, 9.17) is 24.9 Å². The molecule has 0 amide bonds. The van der Waals surface area contributed by atoms with Gasteiger partial charge in [0.05, 0.1) is 39.1 Å². The fourth-order valence-electron chi connectivity index (χ4n) is 9.60. The average Bonchev–Trinajstić information content (AvgIpc) is 3.92. The fourth-order valence-corrected chi connectivity index (χ4v) is 9.60. The molecule has 0 spiro atoms. The predicted octanol–water partition coefficient (Wildman–Crippen LogP) is 14.9. The largest absolute Gasteiger partial charge is 0.308 e. The van der Waals surface area contributed by atoms with Gasteiger partial charge in [-0.1, -0.05) is 194 Å². The third kappa shape index (κ3) is 6.72. The topological polar surface area (TPSA) is 74.3 Å². The third-order valence-corrected chi connectivity index (χ3v) is 12.8. The summed E-state index contributed by atoms with van der Waals surface area (Å²) < 4.78 is 4.56. The lowest BCUT2D eigenvalue weighted by atomic mass is 10.0. The maximum atomic E-state index is 5.38. The van der Waals surface area contributed by atoms with Crippen molar-refractivity contribution in [3.63, 3.8) is 0 Å². The minimum absolute atomic E-state index is 0.543. The normalized spacial score (nSPS) is 11.5. The van der Waals surface area contributed by atoms with Crippen molar-refractivity contribution in [2.24, 2.45) is 0 Å². The number of hydrogen-bond acceptors (Lipinski definition) is 5. The van der Waals surface area contributed by atoms with Crippen LogP contribution in [0.1, 0.15) is 0 Å². The van der Waals surface area contributed by atoms with Crippen LogP contribution in [-0.4, -0.2) is 34.1 Å². The zero-order valence-corrected chi connectivity index (χ0v) is 36.6. The Morgan fingerprint density at radius 2 is 0.676 bits per heavy atom. The summed E-state index contributed by atoms with van der Waals surface area (Å²) in [5.74, 6) is 2.39. The lowest BCUT2D eigenvalue weighted by Gasteiger charge is -2.15. The number of hydrogen-bond donors (Lipinski definition) is 0. The van der Waals surface area contributed by atoms with Crippen LogP contribution in [0.3, 0.4) is 0 Å². The molecular weight excluding hydrogens is 831 g/mol. The molecule has 13 rings (SSSR count). The number of benzene rings is 9. The zero-order valence-electron chi connectivity index (χ0n) is 36.6. The zero-order chi connectivity index (χ0) is 45.0. The van der Waals surface area contributed by atoms with Crippen LogP contribution in [-0.2, 0) is 0 Å². The van der Waals surface area contributed by atoms with E-state index in [0.29, 0.717) is 23.4 Å². The lowest BCUT2D eigenvalue weighted by Crippen LogP contribution is -2.06. The van der Waals surface area contributed by atoms with Gasteiger partial charge < -0.3 is 4.57 Å². The van der Waals surface area contributed by atoms with Crippen LogP contribution in [0.15, 0.2) is 237 Å². The van der Waals surface area contributed by atoms with E-state index in [9.17, 15) is 0 Å².